The Morgan fingerprint density at radius 2 is 1.54 bits per heavy atom. The van der Waals surface area contributed by atoms with Crippen LogP contribution in [0.3, 0.4) is 0 Å². The van der Waals surface area contributed by atoms with E-state index >= 15 is 0 Å². The predicted octanol–water partition coefficient (Wildman–Crippen LogP) is 1.76. The van der Waals surface area contributed by atoms with Crippen LogP contribution in [0, 0.1) is 11.8 Å². The molecule has 0 aromatic heterocycles. The van der Waals surface area contributed by atoms with Crippen LogP contribution in [0.4, 0.5) is 4.39 Å². The summed E-state index contributed by atoms with van der Waals surface area (Å²) in [5.41, 5.74) is 0. The van der Waals surface area contributed by atoms with E-state index in [1.807, 2.05) is 27.7 Å². The first-order valence-corrected chi connectivity index (χ1v) is 4.92. The first kappa shape index (κ1) is 10.9. The number of hydrogen-bond acceptors (Lipinski definition) is 2. The molecule has 1 N–H and O–H groups in total. The van der Waals surface area contributed by atoms with Gasteiger partial charge in [0, 0.05) is 0 Å². The third-order valence-electron chi connectivity index (χ3n) is 2.61. The highest BCUT2D eigenvalue weighted by Crippen LogP contribution is 2.32. The summed E-state index contributed by atoms with van der Waals surface area (Å²) in [5.74, 6) is 0.283. The molecule has 0 aromatic carbocycles. The Labute approximate surface area is 79.1 Å². The van der Waals surface area contributed by atoms with E-state index in [9.17, 15) is 9.50 Å². The average Bonchev–Trinajstić information content (AvgIpc) is 2.29. The number of aliphatic hydroxyl groups is 1. The number of alkyl halides is 1. The lowest BCUT2D eigenvalue weighted by Crippen LogP contribution is -2.32. The fourth-order valence-corrected chi connectivity index (χ4v) is 1.79. The highest BCUT2D eigenvalue weighted by Gasteiger charge is 2.46. The van der Waals surface area contributed by atoms with E-state index in [0.717, 1.165) is 0 Å². The van der Waals surface area contributed by atoms with E-state index in [2.05, 4.69) is 0 Å². The van der Waals surface area contributed by atoms with E-state index in [-0.39, 0.29) is 17.9 Å². The number of halogens is 1. The zero-order valence-electron chi connectivity index (χ0n) is 8.70. The maximum Gasteiger partial charge on any atom is 0.155 e. The quantitative estimate of drug-likeness (QED) is 0.719. The first-order chi connectivity index (χ1) is 5.95. The van der Waals surface area contributed by atoms with Crippen molar-refractivity contribution in [2.24, 2.45) is 11.8 Å². The summed E-state index contributed by atoms with van der Waals surface area (Å²) in [5, 5.41) is 9.55. The van der Waals surface area contributed by atoms with Gasteiger partial charge in [-0.15, -0.1) is 0 Å². The Hall–Kier alpha value is -0.150. The summed E-state index contributed by atoms with van der Waals surface area (Å²) in [6, 6.07) is 0. The van der Waals surface area contributed by atoms with Crippen molar-refractivity contribution in [1.29, 1.82) is 0 Å². The van der Waals surface area contributed by atoms with Crippen LogP contribution in [-0.4, -0.2) is 29.6 Å². The Kier molecular flexibility index (Phi) is 3.30. The van der Waals surface area contributed by atoms with Crippen LogP contribution in [0.2, 0.25) is 0 Å². The lowest BCUT2D eigenvalue weighted by atomic mass is 9.97. The van der Waals surface area contributed by atoms with Crippen LogP contribution in [-0.2, 0) is 4.74 Å². The summed E-state index contributed by atoms with van der Waals surface area (Å²) in [6.45, 7) is 7.69. The molecule has 0 radical (unpaired) electrons. The standard InChI is InChI=1S/C10H19FO2/c1-5(2)9-7(11)8(12)10(13-9)6(3)4/h5-10,12H,1-4H3/t7-,8-,9+,10-/m0/s1. The van der Waals surface area contributed by atoms with Crippen molar-refractivity contribution >= 4 is 0 Å². The third kappa shape index (κ3) is 2.02. The fraction of sp³-hybridized carbons (Fsp3) is 1.00. The van der Waals surface area contributed by atoms with Gasteiger partial charge in [0.25, 0.3) is 0 Å². The van der Waals surface area contributed by atoms with Crippen molar-refractivity contribution in [3.63, 3.8) is 0 Å². The van der Waals surface area contributed by atoms with Crippen molar-refractivity contribution in [2.75, 3.05) is 0 Å². The molecule has 3 heteroatoms. The molecule has 1 saturated heterocycles. The number of hydrogen-bond donors (Lipinski definition) is 1. The van der Waals surface area contributed by atoms with Crippen LogP contribution in [0.1, 0.15) is 27.7 Å². The molecule has 0 bridgehead atoms. The van der Waals surface area contributed by atoms with Gasteiger partial charge in [-0.05, 0) is 11.8 Å². The van der Waals surface area contributed by atoms with Gasteiger partial charge in [0.2, 0.25) is 0 Å². The third-order valence-corrected chi connectivity index (χ3v) is 2.61. The van der Waals surface area contributed by atoms with Crippen LogP contribution in [0.5, 0.6) is 0 Å². The molecule has 4 atom stereocenters. The monoisotopic (exact) mass is 190 g/mol. The molecule has 0 spiro atoms. The number of rotatable bonds is 2. The molecule has 1 aliphatic heterocycles. The van der Waals surface area contributed by atoms with E-state index in [0.29, 0.717) is 0 Å². The topological polar surface area (TPSA) is 29.5 Å². The van der Waals surface area contributed by atoms with Crippen molar-refractivity contribution in [3.8, 4) is 0 Å². The summed E-state index contributed by atoms with van der Waals surface area (Å²) >= 11 is 0. The smallest absolute Gasteiger partial charge is 0.155 e. The molecule has 2 nitrogen and oxygen atoms in total. The highest BCUT2D eigenvalue weighted by atomic mass is 19.1. The highest BCUT2D eigenvalue weighted by molar-refractivity contribution is 4.93. The zero-order valence-corrected chi connectivity index (χ0v) is 8.70. The Morgan fingerprint density at radius 1 is 1.08 bits per heavy atom. The van der Waals surface area contributed by atoms with Gasteiger partial charge >= 0.3 is 0 Å². The fourth-order valence-electron chi connectivity index (χ4n) is 1.79. The lowest BCUT2D eigenvalue weighted by molar-refractivity contribution is -0.0310. The van der Waals surface area contributed by atoms with Gasteiger partial charge in [-0.3, -0.25) is 0 Å². The zero-order chi connectivity index (χ0) is 10.2. The van der Waals surface area contributed by atoms with Gasteiger partial charge in [0.1, 0.15) is 6.10 Å². The largest absolute Gasteiger partial charge is 0.387 e. The molecular weight excluding hydrogens is 171 g/mol. The van der Waals surface area contributed by atoms with E-state index in [4.69, 9.17) is 4.74 Å². The van der Waals surface area contributed by atoms with Crippen LogP contribution >= 0.6 is 0 Å². The van der Waals surface area contributed by atoms with Crippen molar-refractivity contribution < 1.29 is 14.2 Å². The second kappa shape index (κ2) is 3.93. The minimum absolute atomic E-state index is 0.119. The van der Waals surface area contributed by atoms with E-state index in [1.54, 1.807) is 0 Å². The van der Waals surface area contributed by atoms with Crippen molar-refractivity contribution in [2.45, 2.75) is 52.2 Å². The van der Waals surface area contributed by atoms with Gasteiger partial charge in [-0.2, -0.15) is 0 Å². The van der Waals surface area contributed by atoms with Crippen molar-refractivity contribution in [3.05, 3.63) is 0 Å². The molecule has 0 amide bonds. The molecule has 1 aliphatic rings. The maximum atomic E-state index is 13.5. The van der Waals surface area contributed by atoms with Crippen LogP contribution in [0.15, 0.2) is 0 Å². The second-order valence-electron chi connectivity index (χ2n) is 4.49. The Bertz CT molecular complexity index is 152. The molecule has 0 unspecified atom stereocenters. The summed E-state index contributed by atoms with van der Waals surface area (Å²) < 4.78 is 19.0. The minimum Gasteiger partial charge on any atom is -0.387 e. The van der Waals surface area contributed by atoms with Crippen LogP contribution in [0.25, 0.3) is 0 Å². The Balaban J connectivity index is 2.66. The van der Waals surface area contributed by atoms with Gasteiger partial charge in [0.15, 0.2) is 6.17 Å². The van der Waals surface area contributed by atoms with Gasteiger partial charge in [-0.1, -0.05) is 27.7 Å². The predicted molar refractivity (Wildman–Crippen MR) is 49.2 cm³/mol. The molecule has 0 aliphatic carbocycles. The molecule has 13 heavy (non-hydrogen) atoms. The van der Waals surface area contributed by atoms with E-state index in [1.165, 1.54) is 0 Å². The van der Waals surface area contributed by atoms with Gasteiger partial charge in [-0.25, -0.2) is 4.39 Å². The molecule has 1 rings (SSSR count). The second-order valence-corrected chi connectivity index (χ2v) is 4.49. The van der Waals surface area contributed by atoms with E-state index < -0.39 is 18.4 Å². The first-order valence-electron chi connectivity index (χ1n) is 4.92. The molecule has 1 heterocycles. The summed E-state index contributed by atoms with van der Waals surface area (Å²) in [6.07, 6.45) is -2.97. The molecule has 0 saturated carbocycles. The number of ether oxygens (including phenoxy) is 1. The molecule has 1 fully saturated rings. The molecular formula is C10H19FO2. The van der Waals surface area contributed by atoms with Crippen LogP contribution < -0.4 is 0 Å². The maximum absolute atomic E-state index is 13.5. The number of aliphatic hydroxyl groups excluding tert-OH is 1. The lowest BCUT2D eigenvalue weighted by Gasteiger charge is -2.18. The molecule has 0 aromatic rings. The normalized spacial score (nSPS) is 40.6. The minimum atomic E-state index is -1.23. The van der Waals surface area contributed by atoms with Gasteiger partial charge in [0.05, 0.1) is 12.2 Å². The van der Waals surface area contributed by atoms with Crippen molar-refractivity contribution in [1.82, 2.24) is 0 Å². The SMILES string of the molecule is CC(C)[C@H]1O[C@@H](C(C)C)[C@@H](O)[C@@H]1F. The summed E-state index contributed by atoms with van der Waals surface area (Å²) in [4.78, 5) is 0. The Morgan fingerprint density at radius 3 is 1.77 bits per heavy atom. The average molecular weight is 190 g/mol. The molecule has 78 valence electrons. The summed E-state index contributed by atoms with van der Waals surface area (Å²) in [7, 11) is 0. The van der Waals surface area contributed by atoms with Gasteiger partial charge < -0.3 is 9.84 Å².